The van der Waals surface area contributed by atoms with Gasteiger partial charge in [0, 0.05) is 31.9 Å². The van der Waals surface area contributed by atoms with E-state index in [1.807, 2.05) is 0 Å². The molecule has 0 aromatic heterocycles. The zero-order valence-corrected chi connectivity index (χ0v) is 13.7. The van der Waals surface area contributed by atoms with E-state index >= 15 is 0 Å². The monoisotopic (exact) mass is 335 g/mol. The van der Waals surface area contributed by atoms with Gasteiger partial charge in [-0.1, -0.05) is 12.1 Å². The first-order valence-corrected chi connectivity index (χ1v) is 7.79. The number of likely N-dealkylation sites (tertiary alicyclic amines) is 1. The summed E-state index contributed by atoms with van der Waals surface area (Å²) < 4.78 is 17.3. The highest BCUT2D eigenvalue weighted by atomic mass is 19.1. The predicted molar refractivity (Wildman–Crippen MR) is 89.9 cm³/mol. The second-order valence-corrected chi connectivity index (χ2v) is 5.48. The lowest BCUT2D eigenvalue weighted by atomic mass is 10.2. The first kappa shape index (κ1) is 17.8. The Kier molecular flexibility index (Phi) is 6.17. The SMILES string of the molecule is C=CCN1CC[C@@H](N(C)C(=O)Nc2cccc(OCCF)c2)C1=O. The molecule has 1 saturated heterocycles. The summed E-state index contributed by atoms with van der Waals surface area (Å²) in [7, 11) is 1.60. The molecule has 1 aromatic carbocycles. The van der Waals surface area contributed by atoms with Crippen molar-refractivity contribution in [2.75, 3.05) is 38.7 Å². The van der Waals surface area contributed by atoms with Crippen molar-refractivity contribution in [3.05, 3.63) is 36.9 Å². The van der Waals surface area contributed by atoms with E-state index < -0.39 is 12.7 Å². The van der Waals surface area contributed by atoms with Crippen molar-refractivity contribution in [1.82, 2.24) is 9.80 Å². The van der Waals surface area contributed by atoms with E-state index in [1.54, 1.807) is 42.3 Å². The Hall–Kier alpha value is -2.57. The van der Waals surface area contributed by atoms with Crippen LogP contribution in [0, 0.1) is 0 Å². The van der Waals surface area contributed by atoms with Crippen molar-refractivity contribution in [1.29, 1.82) is 0 Å². The Morgan fingerprint density at radius 1 is 1.58 bits per heavy atom. The molecule has 1 heterocycles. The molecule has 0 unspecified atom stereocenters. The van der Waals surface area contributed by atoms with Gasteiger partial charge in [0.2, 0.25) is 5.91 Å². The molecule has 2 rings (SSSR count). The van der Waals surface area contributed by atoms with Gasteiger partial charge in [0.25, 0.3) is 0 Å². The van der Waals surface area contributed by atoms with Crippen LogP contribution in [-0.4, -0.2) is 61.2 Å². The standard InChI is InChI=1S/C17H22FN3O3/c1-3-9-21-10-7-15(16(21)22)20(2)17(23)19-13-5-4-6-14(12-13)24-11-8-18/h3-6,12,15H,1,7-11H2,2H3,(H,19,23)/t15-/m1/s1. The molecule has 130 valence electrons. The van der Waals surface area contributed by atoms with Gasteiger partial charge in [-0.3, -0.25) is 4.79 Å². The van der Waals surface area contributed by atoms with Crippen LogP contribution in [-0.2, 0) is 4.79 Å². The quantitative estimate of drug-likeness (QED) is 0.778. The van der Waals surface area contributed by atoms with E-state index in [2.05, 4.69) is 11.9 Å². The van der Waals surface area contributed by atoms with Gasteiger partial charge >= 0.3 is 6.03 Å². The zero-order valence-electron chi connectivity index (χ0n) is 13.7. The van der Waals surface area contributed by atoms with Crippen LogP contribution in [0.25, 0.3) is 0 Å². The van der Waals surface area contributed by atoms with Gasteiger partial charge in [-0.2, -0.15) is 0 Å². The fourth-order valence-corrected chi connectivity index (χ4v) is 2.59. The van der Waals surface area contributed by atoms with Crippen molar-refractivity contribution in [2.45, 2.75) is 12.5 Å². The van der Waals surface area contributed by atoms with E-state index in [-0.39, 0.29) is 18.5 Å². The number of urea groups is 1. The van der Waals surface area contributed by atoms with Gasteiger partial charge in [-0.25, -0.2) is 9.18 Å². The summed E-state index contributed by atoms with van der Waals surface area (Å²) in [6, 6.07) is 5.85. The second kappa shape index (κ2) is 8.33. The van der Waals surface area contributed by atoms with Crippen molar-refractivity contribution < 1.29 is 18.7 Å². The minimum absolute atomic E-state index is 0.0347. The molecule has 1 aliphatic heterocycles. The van der Waals surface area contributed by atoms with Gasteiger partial charge in [0.1, 0.15) is 25.1 Å². The van der Waals surface area contributed by atoms with Crippen LogP contribution in [0.3, 0.4) is 0 Å². The number of nitrogens with one attached hydrogen (secondary N) is 1. The smallest absolute Gasteiger partial charge is 0.322 e. The summed E-state index contributed by atoms with van der Waals surface area (Å²) in [5.74, 6) is 0.398. The Morgan fingerprint density at radius 3 is 3.08 bits per heavy atom. The van der Waals surface area contributed by atoms with E-state index in [9.17, 15) is 14.0 Å². The Morgan fingerprint density at radius 2 is 2.38 bits per heavy atom. The highest BCUT2D eigenvalue weighted by Gasteiger charge is 2.35. The lowest BCUT2D eigenvalue weighted by molar-refractivity contribution is -0.130. The fourth-order valence-electron chi connectivity index (χ4n) is 2.59. The molecule has 7 heteroatoms. The molecule has 24 heavy (non-hydrogen) atoms. The minimum atomic E-state index is -0.579. The molecule has 6 nitrogen and oxygen atoms in total. The summed E-state index contributed by atoms with van der Waals surface area (Å²) in [5, 5.41) is 2.73. The van der Waals surface area contributed by atoms with Crippen LogP contribution in [0.5, 0.6) is 5.75 Å². The minimum Gasteiger partial charge on any atom is -0.491 e. The van der Waals surface area contributed by atoms with Gasteiger partial charge < -0.3 is 19.9 Å². The number of alkyl halides is 1. The number of benzene rings is 1. The number of amides is 3. The van der Waals surface area contributed by atoms with E-state index in [4.69, 9.17) is 4.74 Å². The molecule has 0 spiro atoms. The number of carbonyl (C=O) groups excluding carboxylic acids is 2. The molecule has 1 aromatic rings. The van der Waals surface area contributed by atoms with Crippen LogP contribution in [0.4, 0.5) is 14.9 Å². The maximum atomic E-state index is 12.4. The number of halogens is 1. The topological polar surface area (TPSA) is 61.9 Å². The zero-order chi connectivity index (χ0) is 17.5. The Balaban J connectivity index is 1.97. The third-order valence-electron chi connectivity index (χ3n) is 3.84. The van der Waals surface area contributed by atoms with Crippen LogP contribution in [0.15, 0.2) is 36.9 Å². The molecule has 1 fully saturated rings. The largest absolute Gasteiger partial charge is 0.491 e. The van der Waals surface area contributed by atoms with Crippen molar-refractivity contribution in [3.63, 3.8) is 0 Å². The number of hydrogen-bond donors (Lipinski definition) is 1. The number of ether oxygens (including phenoxy) is 1. The average molecular weight is 335 g/mol. The van der Waals surface area contributed by atoms with Crippen molar-refractivity contribution in [2.24, 2.45) is 0 Å². The van der Waals surface area contributed by atoms with E-state index in [0.717, 1.165) is 0 Å². The first-order chi connectivity index (χ1) is 11.6. The number of nitrogens with zero attached hydrogens (tertiary/aromatic N) is 2. The maximum absolute atomic E-state index is 12.4. The number of anilines is 1. The molecule has 0 bridgehead atoms. The Bertz CT molecular complexity index is 608. The summed E-state index contributed by atoms with van der Waals surface area (Å²) in [6.45, 7) is 4.11. The van der Waals surface area contributed by atoms with Crippen LogP contribution < -0.4 is 10.1 Å². The number of carbonyl (C=O) groups is 2. The van der Waals surface area contributed by atoms with E-state index in [1.165, 1.54) is 4.90 Å². The number of likely N-dealkylation sites (N-methyl/N-ethyl adjacent to an activating group) is 1. The summed E-state index contributed by atoms with van der Waals surface area (Å²) >= 11 is 0. The molecule has 0 radical (unpaired) electrons. The lowest BCUT2D eigenvalue weighted by Gasteiger charge is -2.24. The van der Waals surface area contributed by atoms with Crippen molar-refractivity contribution >= 4 is 17.6 Å². The molecular weight excluding hydrogens is 313 g/mol. The van der Waals surface area contributed by atoms with Gasteiger partial charge in [-0.15, -0.1) is 6.58 Å². The average Bonchev–Trinajstić information content (AvgIpc) is 2.94. The third-order valence-corrected chi connectivity index (χ3v) is 3.84. The molecular formula is C17H22FN3O3. The summed E-state index contributed by atoms with van der Waals surface area (Å²) in [4.78, 5) is 27.7. The van der Waals surface area contributed by atoms with Crippen LogP contribution in [0.2, 0.25) is 0 Å². The van der Waals surface area contributed by atoms with Crippen LogP contribution in [0.1, 0.15) is 6.42 Å². The first-order valence-electron chi connectivity index (χ1n) is 7.79. The Labute approximate surface area is 140 Å². The molecule has 1 atom stereocenters. The maximum Gasteiger partial charge on any atom is 0.322 e. The number of hydrogen-bond acceptors (Lipinski definition) is 3. The molecule has 0 aliphatic carbocycles. The molecule has 0 saturated carbocycles. The summed E-state index contributed by atoms with van der Waals surface area (Å²) in [5.41, 5.74) is 0.525. The summed E-state index contributed by atoms with van der Waals surface area (Å²) in [6.07, 6.45) is 2.26. The fraction of sp³-hybridized carbons (Fsp3) is 0.412. The van der Waals surface area contributed by atoms with Gasteiger partial charge in [-0.05, 0) is 18.6 Å². The molecule has 1 aliphatic rings. The van der Waals surface area contributed by atoms with Crippen molar-refractivity contribution in [3.8, 4) is 5.75 Å². The molecule has 3 amide bonds. The molecule has 1 N–H and O–H groups in total. The van der Waals surface area contributed by atoms with Gasteiger partial charge in [0.05, 0.1) is 0 Å². The number of rotatable bonds is 7. The lowest BCUT2D eigenvalue weighted by Crippen LogP contribution is -2.44. The predicted octanol–water partition coefficient (Wildman–Crippen LogP) is 2.29. The highest BCUT2D eigenvalue weighted by molar-refractivity contribution is 5.94. The van der Waals surface area contributed by atoms with Gasteiger partial charge in [0.15, 0.2) is 0 Å². The highest BCUT2D eigenvalue weighted by Crippen LogP contribution is 2.20. The van der Waals surface area contributed by atoms with Crippen LogP contribution >= 0.6 is 0 Å². The second-order valence-electron chi connectivity index (χ2n) is 5.48. The normalized spacial score (nSPS) is 16.8. The third kappa shape index (κ3) is 4.24. The van der Waals surface area contributed by atoms with E-state index in [0.29, 0.717) is 30.9 Å².